The van der Waals surface area contributed by atoms with Gasteiger partial charge in [0.2, 0.25) is 17.7 Å². The monoisotopic (exact) mass is 317 g/mol. The highest BCUT2D eigenvalue weighted by Crippen LogP contribution is 2.38. The first-order chi connectivity index (χ1) is 11.2. The lowest BCUT2D eigenvalue weighted by Gasteiger charge is -2.36. The Labute approximate surface area is 135 Å². The summed E-state index contributed by atoms with van der Waals surface area (Å²) in [5.74, 6) is 3.90. The van der Waals surface area contributed by atoms with E-state index in [2.05, 4.69) is 32.2 Å². The van der Waals surface area contributed by atoms with Gasteiger partial charge in [0.05, 0.1) is 12.5 Å². The van der Waals surface area contributed by atoms with Gasteiger partial charge in [0.1, 0.15) is 0 Å². The Kier molecular flexibility index (Phi) is 3.88. The standard InChI is InChI=1S/C16H23N5O2/c1-3-13-18-19-16(22-13)12-5-4-8-21(10(12)2)9-14-17-15(20-23-14)11-6-7-11/h10-12H,3-9H2,1-2H3/t10-,12-/m0/s1. The Hall–Kier alpha value is -1.76. The van der Waals surface area contributed by atoms with Gasteiger partial charge in [0.15, 0.2) is 5.82 Å². The van der Waals surface area contributed by atoms with Gasteiger partial charge in [-0.2, -0.15) is 4.98 Å². The van der Waals surface area contributed by atoms with Crippen LogP contribution in [0, 0.1) is 0 Å². The van der Waals surface area contributed by atoms with E-state index < -0.39 is 0 Å². The number of rotatable bonds is 5. The largest absolute Gasteiger partial charge is 0.425 e. The molecule has 2 aromatic rings. The Balaban J connectivity index is 1.45. The van der Waals surface area contributed by atoms with Crippen LogP contribution in [0.15, 0.2) is 8.94 Å². The van der Waals surface area contributed by atoms with Crippen LogP contribution in [-0.2, 0) is 13.0 Å². The minimum absolute atomic E-state index is 0.280. The molecule has 1 aliphatic carbocycles. The average Bonchev–Trinajstić information content (AvgIpc) is 3.12. The molecule has 4 rings (SSSR count). The Morgan fingerprint density at radius 3 is 2.78 bits per heavy atom. The van der Waals surface area contributed by atoms with Crippen molar-refractivity contribution in [2.24, 2.45) is 0 Å². The summed E-state index contributed by atoms with van der Waals surface area (Å²) in [6.07, 6.45) is 5.36. The van der Waals surface area contributed by atoms with Crippen molar-refractivity contribution in [2.45, 2.75) is 70.4 Å². The number of piperidine rings is 1. The molecule has 0 amide bonds. The zero-order valence-electron chi connectivity index (χ0n) is 13.7. The second kappa shape index (κ2) is 6.03. The number of hydrogen-bond acceptors (Lipinski definition) is 7. The molecule has 3 heterocycles. The van der Waals surface area contributed by atoms with E-state index in [4.69, 9.17) is 8.94 Å². The molecule has 2 aromatic heterocycles. The summed E-state index contributed by atoms with van der Waals surface area (Å²) in [7, 11) is 0. The second-order valence-electron chi connectivity index (χ2n) is 6.67. The lowest BCUT2D eigenvalue weighted by Crippen LogP contribution is -2.41. The third kappa shape index (κ3) is 3.02. The zero-order chi connectivity index (χ0) is 15.8. The van der Waals surface area contributed by atoms with Crippen molar-refractivity contribution < 1.29 is 8.94 Å². The lowest BCUT2D eigenvalue weighted by molar-refractivity contribution is 0.105. The molecule has 0 N–H and O–H groups in total. The maximum atomic E-state index is 5.78. The quantitative estimate of drug-likeness (QED) is 0.838. The van der Waals surface area contributed by atoms with E-state index in [1.807, 2.05) is 6.92 Å². The van der Waals surface area contributed by atoms with Gasteiger partial charge in [0.25, 0.3) is 0 Å². The highest BCUT2D eigenvalue weighted by molar-refractivity contribution is 5.04. The van der Waals surface area contributed by atoms with Crippen LogP contribution in [-0.4, -0.2) is 37.8 Å². The van der Waals surface area contributed by atoms with Crippen LogP contribution < -0.4 is 0 Å². The van der Waals surface area contributed by atoms with Crippen molar-refractivity contribution in [1.82, 2.24) is 25.2 Å². The summed E-state index contributed by atoms with van der Waals surface area (Å²) in [5, 5.41) is 12.5. The molecule has 2 fully saturated rings. The van der Waals surface area contributed by atoms with Gasteiger partial charge >= 0.3 is 0 Å². The van der Waals surface area contributed by atoms with Crippen molar-refractivity contribution in [3.63, 3.8) is 0 Å². The number of likely N-dealkylation sites (tertiary alicyclic amines) is 1. The van der Waals surface area contributed by atoms with Crippen LogP contribution in [0.4, 0.5) is 0 Å². The molecule has 0 radical (unpaired) electrons. The molecule has 7 nitrogen and oxygen atoms in total. The SMILES string of the molecule is CCc1nnc([C@H]2CCCN(Cc3nc(C4CC4)no3)[C@H]2C)o1. The van der Waals surface area contributed by atoms with Crippen molar-refractivity contribution in [3.05, 3.63) is 23.5 Å². The van der Waals surface area contributed by atoms with E-state index in [0.717, 1.165) is 49.3 Å². The predicted molar refractivity (Wildman–Crippen MR) is 81.8 cm³/mol. The van der Waals surface area contributed by atoms with Crippen LogP contribution in [0.1, 0.15) is 74.9 Å². The molecule has 0 aromatic carbocycles. The average molecular weight is 317 g/mol. The van der Waals surface area contributed by atoms with Gasteiger partial charge in [-0.15, -0.1) is 10.2 Å². The van der Waals surface area contributed by atoms with Gasteiger partial charge in [-0.3, -0.25) is 4.90 Å². The fourth-order valence-electron chi connectivity index (χ4n) is 3.34. The number of aromatic nitrogens is 4. The zero-order valence-corrected chi connectivity index (χ0v) is 13.7. The minimum Gasteiger partial charge on any atom is -0.425 e. The maximum Gasteiger partial charge on any atom is 0.240 e. The summed E-state index contributed by atoms with van der Waals surface area (Å²) in [6.45, 7) is 5.98. The van der Waals surface area contributed by atoms with Gasteiger partial charge in [-0.25, -0.2) is 0 Å². The van der Waals surface area contributed by atoms with E-state index in [1.54, 1.807) is 0 Å². The Bertz CT molecular complexity index is 663. The summed E-state index contributed by atoms with van der Waals surface area (Å²) < 4.78 is 11.2. The minimum atomic E-state index is 0.280. The molecule has 1 saturated carbocycles. The number of aryl methyl sites for hydroxylation is 1. The van der Waals surface area contributed by atoms with Crippen LogP contribution in [0.25, 0.3) is 0 Å². The molecular weight excluding hydrogens is 294 g/mol. The normalized spacial score (nSPS) is 25.8. The summed E-state index contributed by atoms with van der Waals surface area (Å²) in [5.41, 5.74) is 0. The van der Waals surface area contributed by atoms with Gasteiger partial charge in [-0.1, -0.05) is 12.1 Å². The van der Waals surface area contributed by atoms with Crippen molar-refractivity contribution in [3.8, 4) is 0 Å². The van der Waals surface area contributed by atoms with Crippen molar-refractivity contribution in [1.29, 1.82) is 0 Å². The highest BCUT2D eigenvalue weighted by atomic mass is 16.5. The van der Waals surface area contributed by atoms with E-state index in [0.29, 0.717) is 18.5 Å². The molecule has 1 aliphatic heterocycles. The van der Waals surface area contributed by atoms with Gasteiger partial charge in [0, 0.05) is 18.4 Å². The highest BCUT2D eigenvalue weighted by Gasteiger charge is 2.34. The molecular formula is C16H23N5O2. The molecule has 2 atom stereocenters. The molecule has 7 heteroatoms. The summed E-state index contributed by atoms with van der Waals surface area (Å²) in [4.78, 5) is 6.93. The molecule has 0 bridgehead atoms. The molecule has 124 valence electrons. The third-order valence-corrected chi connectivity index (χ3v) is 4.99. The van der Waals surface area contributed by atoms with Gasteiger partial charge < -0.3 is 8.94 Å². The fraction of sp³-hybridized carbons (Fsp3) is 0.750. The van der Waals surface area contributed by atoms with E-state index >= 15 is 0 Å². The maximum absolute atomic E-state index is 5.78. The van der Waals surface area contributed by atoms with E-state index in [1.165, 1.54) is 12.8 Å². The first-order valence-electron chi connectivity index (χ1n) is 8.63. The predicted octanol–water partition coefficient (Wildman–Crippen LogP) is 2.66. The van der Waals surface area contributed by atoms with E-state index in [9.17, 15) is 0 Å². The first kappa shape index (κ1) is 14.8. The second-order valence-corrected chi connectivity index (χ2v) is 6.67. The molecule has 2 aliphatic rings. The van der Waals surface area contributed by atoms with Crippen LogP contribution in [0.5, 0.6) is 0 Å². The Morgan fingerprint density at radius 1 is 1.17 bits per heavy atom. The van der Waals surface area contributed by atoms with Gasteiger partial charge in [-0.05, 0) is 39.2 Å². The third-order valence-electron chi connectivity index (χ3n) is 4.99. The summed E-state index contributed by atoms with van der Waals surface area (Å²) in [6, 6.07) is 0.324. The van der Waals surface area contributed by atoms with Crippen molar-refractivity contribution >= 4 is 0 Å². The molecule has 0 spiro atoms. The van der Waals surface area contributed by atoms with E-state index in [-0.39, 0.29) is 5.92 Å². The molecule has 23 heavy (non-hydrogen) atoms. The van der Waals surface area contributed by atoms with Crippen LogP contribution in [0.2, 0.25) is 0 Å². The molecule has 0 unspecified atom stereocenters. The van der Waals surface area contributed by atoms with Crippen molar-refractivity contribution in [2.75, 3.05) is 6.54 Å². The van der Waals surface area contributed by atoms with Crippen LogP contribution >= 0.6 is 0 Å². The first-order valence-corrected chi connectivity index (χ1v) is 8.63. The lowest BCUT2D eigenvalue weighted by atomic mass is 9.90. The topological polar surface area (TPSA) is 81.1 Å². The summed E-state index contributed by atoms with van der Waals surface area (Å²) >= 11 is 0. The van der Waals surface area contributed by atoms with Crippen LogP contribution in [0.3, 0.4) is 0 Å². The number of hydrogen-bond donors (Lipinski definition) is 0. The number of nitrogens with zero attached hydrogens (tertiary/aromatic N) is 5. The smallest absolute Gasteiger partial charge is 0.240 e. The molecule has 1 saturated heterocycles. The fourth-order valence-corrected chi connectivity index (χ4v) is 3.34. The Morgan fingerprint density at radius 2 is 2.04 bits per heavy atom.